The number of anilines is 1. The van der Waals surface area contributed by atoms with Gasteiger partial charge < -0.3 is 15.0 Å². The smallest absolute Gasteiger partial charge is 0.239 e. The van der Waals surface area contributed by atoms with Gasteiger partial charge in [-0.05, 0) is 37.8 Å². The molecule has 0 saturated carbocycles. The first kappa shape index (κ1) is 22.1. The normalized spacial score (nSPS) is 14.8. The lowest BCUT2D eigenvalue weighted by Gasteiger charge is -2.27. The van der Waals surface area contributed by atoms with Gasteiger partial charge in [0.25, 0.3) is 0 Å². The highest BCUT2D eigenvalue weighted by molar-refractivity contribution is 7.18. The number of fused-ring (bicyclic) bond motifs is 1. The summed E-state index contributed by atoms with van der Waals surface area (Å²) in [5.41, 5.74) is 1.20. The van der Waals surface area contributed by atoms with E-state index in [1.807, 2.05) is 17.5 Å². The van der Waals surface area contributed by atoms with Crippen LogP contribution in [-0.4, -0.2) is 60.2 Å². The number of carbonyl (C=O) groups excluding carboxylic acids is 1. The van der Waals surface area contributed by atoms with E-state index in [9.17, 15) is 4.79 Å². The molecule has 0 bridgehead atoms. The summed E-state index contributed by atoms with van der Waals surface area (Å²) in [6.45, 7) is 11.8. The van der Waals surface area contributed by atoms with E-state index >= 15 is 0 Å². The molecular formula is C22H29N5O2S2. The van der Waals surface area contributed by atoms with Crippen molar-refractivity contribution >= 4 is 44.6 Å². The third-order valence-electron chi connectivity index (χ3n) is 5.58. The number of amides is 1. The van der Waals surface area contributed by atoms with Crippen LogP contribution < -0.4 is 10.2 Å². The zero-order valence-electron chi connectivity index (χ0n) is 18.3. The third kappa shape index (κ3) is 5.23. The third-order valence-corrected chi connectivity index (χ3v) is 7.56. The van der Waals surface area contributed by atoms with Crippen LogP contribution in [0.2, 0.25) is 0 Å². The van der Waals surface area contributed by atoms with Gasteiger partial charge in [-0.2, -0.15) is 0 Å². The van der Waals surface area contributed by atoms with Gasteiger partial charge in [-0.25, -0.2) is 9.97 Å². The second-order valence-corrected chi connectivity index (χ2v) is 9.92. The number of rotatable bonds is 8. The zero-order valence-corrected chi connectivity index (χ0v) is 19.9. The molecule has 3 aromatic heterocycles. The molecule has 0 unspecified atom stereocenters. The highest BCUT2D eigenvalue weighted by atomic mass is 32.1. The molecule has 1 aliphatic heterocycles. The van der Waals surface area contributed by atoms with E-state index in [-0.39, 0.29) is 12.5 Å². The number of hydrogen-bond donors (Lipinski definition) is 1. The molecule has 31 heavy (non-hydrogen) atoms. The van der Waals surface area contributed by atoms with Gasteiger partial charge >= 0.3 is 0 Å². The topological polar surface area (TPSA) is 70.6 Å². The van der Waals surface area contributed by atoms with Crippen LogP contribution in [0.4, 0.5) is 5.82 Å². The highest BCUT2D eigenvalue weighted by Crippen LogP contribution is 2.35. The number of aryl methyl sites for hydroxylation is 2. The standard InChI is InChI=1S/C22H29N5O2S2/c1-4-27(14-19(28)23-12-17-6-5-11-30-17)21-20-15(2)16(3)31-22(20)25-18(24-21)13-26-7-9-29-10-8-26/h5-6,11H,4,7-10,12-14H2,1-3H3,(H,23,28). The van der Waals surface area contributed by atoms with Crippen molar-refractivity contribution in [2.75, 3.05) is 44.3 Å². The minimum Gasteiger partial charge on any atom is -0.379 e. The molecule has 9 heteroatoms. The molecule has 1 aliphatic rings. The second-order valence-electron chi connectivity index (χ2n) is 7.69. The number of carbonyl (C=O) groups is 1. The second kappa shape index (κ2) is 10.0. The van der Waals surface area contributed by atoms with Gasteiger partial charge in [-0.3, -0.25) is 9.69 Å². The van der Waals surface area contributed by atoms with Crippen LogP contribution >= 0.6 is 22.7 Å². The summed E-state index contributed by atoms with van der Waals surface area (Å²) >= 11 is 3.35. The number of hydrogen-bond acceptors (Lipinski definition) is 8. The van der Waals surface area contributed by atoms with Gasteiger partial charge in [0, 0.05) is 29.4 Å². The van der Waals surface area contributed by atoms with Gasteiger partial charge in [0.15, 0.2) is 0 Å². The Morgan fingerprint density at radius 3 is 2.81 bits per heavy atom. The van der Waals surface area contributed by atoms with Crippen LogP contribution in [0.15, 0.2) is 17.5 Å². The molecule has 1 saturated heterocycles. The molecular weight excluding hydrogens is 430 g/mol. The fourth-order valence-corrected chi connectivity index (χ4v) is 5.38. The van der Waals surface area contributed by atoms with Crippen molar-refractivity contribution < 1.29 is 9.53 Å². The van der Waals surface area contributed by atoms with Crippen molar-refractivity contribution in [1.82, 2.24) is 20.2 Å². The molecule has 166 valence electrons. The van der Waals surface area contributed by atoms with Gasteiger partial charge in [0.05, 0.1) is 38.2 Å². The average molecular weight is 460 g/mol. The number of thiophene rings is 2. The Bertz CT molecular complexity index is 1030. The number of morpholine rings is 1. The molecule has 7 nitrogen and oxygen atoms in total. The van der Waals surface area contributed by atoms with Crippen molar-refractivity contribution in [3.05, 3.63) is 38.7 Å². The van der Waals surface area contributed by atoms with Crippen LogP contribution in [0.3, 0.4) is 0 Å². The van der Waals surface area contributed by atoms with Gasteiger partial charge in [-0.15, -0.1) is 22.7 Å². The van der Waals surface area contributed by atoms with Gasteiger partial charge in [0.2, 0.25) is 5.91 Å². The lowest BCUT2D eigenvalue weighted by molar-refractivity contribution is -0.119. The molecule has 0 aliphatic carbocycles. The Hall–Kier alpha value is -2.07. The SMILES string of the molecule is CCN(CC(=O)NCc1cccs1)c1nc(CN2CCOCC2)nc2sc(C)c(C)c12. The number of likely N-dealkylation sites (N-methyl/N-ethyl adjacent to an activating group) is 1. The lowest BCUT2D eigenvalue weighted by Crippen LogP contribution is -2.38. The van der Waals surface area contributed by atoms with Crippen LogP contribution in [0.25, 0.3) is 10.2 Å². The maximum absolute atomic E-state index is 12.7. The predicted octanol–water partition coefficient (Wildman–Crippen LogP) is 3.34. The largest absolute Gasteiger partial charge is 0.379 e. The monoisotopic (exact) mass is 459 g/mol. The first-order chi connectivity index (χ1) is 15.0. The molecule has 0 spiro atoms. The van der Waals surface area contributed by atoms with E-state index in [1.165, 1.54) is 10.4 Å². The van der Waals surface area contributed by atoms with Crippen LogP contribution in [0.1, 0.15) is 28.1 Å². The maximum Gasteiger partial charge on any atom is 0.239 e. The number of nitrogens with one attached hydrogen (secondary N) is 1. The number of aromatic nitrogens is 2. The van der Waals surface area contributed by atoms with Crippen LogP contribution in [0.5, 0.6) is 0 Å². The fourth-order valence-electron chi connectivity index (χ4n) is 3.69. The summed E-state index contributed by atoms with van der Waals surface area (Å²) in [4.78, 5) is 30.3. The maximum atomic E-state index is 12.7. The summed E-state index contributed by atoms with van der Waals surface area (Å²) in [7, 11) is 0. The Labute approximate surface area is 191 Å². The summed E-state index contributed by atoms with van der Waals surface area (Å²) in [6, 6.07) is 4.03. The first-order valence-electron chi connectivity index (χ1n) is 10.7. The van der Waals surface area contributed by atoms with Crippen molar-refractivity contribution in [3.63, 3.8) is 0 Å². The van der Waals surface area contributed by atoms with Crippen molar-refractivity contribution in [2.45, 2.75) is 33.9 Å². The molecule has 1 amide bonds. The van der Waals surface area contributed by atoms with E-state index in [2.05, 4.69) is 35.9 Å². The molecule has 0 atom stereocenters. The summed E-state index contributed by atoms with van der Waals surface area (Å²) < 4.78 is 5.47. The van der Waals surface area contributed by atoms with E-state index in [1.54, 1.807) is 22.7 Å². The average Bonchev–Trinajstić information content (AvgIpc) is 3.39. The molecule has 1 N–H and O–H groups in total. The van der Waals surface area contributed by atoms with E-state index in [0.29, 0.717) is 19.6 Å². The van der Waals surface area contributed by atoms with E-state index in [0.717, 1.165) is 53.0 Å². The minimum absolute atomic E-state index is 0.00125. The Morgan fingerprint density at radius 2 is 2.10 bits per heavy atom. The highest BCUT2D eigenvalue weighted by Gasteiger charge is 2.21. The summed E-state index contributed by atoms with van der Waals surface area (Å²) in [5.74, 6) is 1.67. The first-order valence-corrected chi connectivity index (χ1v) is 12.4. The Morgan fingerprint density at radius 1 is 1.29 bits per heavy atom. The molecule has 4 heterocycles. The molecule has 4 rings (SSSR count). The van der Waals surface area contributed by atoms with E-state index < -0.39 is 0 Å². The fraction of sp³-hybridized carbons (Fsp3) is 0.500. The Balaban J connectivity index is 1.58. The van der Waals surface area contributed by atoms with Gasteiger partial charge in [0.1, 0.15) is 16.5 Å². The molecule has 3 aromatic rings. The van der Waals surface area contributed by atoms with Crippen molar-refractivity contribution in [2.24, 2.45) is 0 Å². The van der Waals surface area contributed by atoms with Crippen LogP contribution in [-0.2, 0) is 22.6 Å². The lowest BCUT2D eigenvalue weighted by atomic mass is 10.2. The Kier molecular flexibility index (Phi) is 7.16. The number of ether oxygens (including phenoxy) is 1. The van der Waals surface area contributed by atoms with Gasteiger partial charge in [-0.1, -0.05) is 6.07 Å². The number of nitrogens with zero attached hydrogens (tertiary/aromatic N) is 4. The predicted molar refractivity (Wildman–Crippen MR) is 127 cm³/mol. The van der Waals surface area contributed by atoms with Crippen molar-refractivity contribution in [1.29, 1.82) is 0 Å². The quantitative estimate of drug-likeness (QED) is 0.557. The zero-order chi connectivity index (χ0) is 21.8. The summed E-state index contributed by atoms with van der Waals surface area (Å²) in [6.07, 6.45) is 0. The van der Waals surface area contributed by atoms with Crippen LogP contribution in [0, 0.1) is 13.8 Å². The van der Waals surface area contributed by atoms with Crippen molar-refractivity contribution in [3.8, 4) is 0 Å². The molecule has 0 aromatic carbocycles. The molecule has 1 fully saturated rings. The molecule has 0 radical (unpaired) electrons. The summed E-state index contributed by atoms with van der Waals surface area (Å²) in [5, 5.41) is 6.13. The van der Waals surface area contributed by atoms with E-state index in [4.69, 9.17) is 14.7 Å². The minimum atomic E-state index is 0.00125.